The van der Waals surface area contributed by atoms with Crippen LogP contribution < -0.4 is 5.73 Å². The summed E-state index contributed by atoms with van der Waals surface area (Å²) >= 11 is 0. The Hall–Kier alpha value is -1.42. The van der Waals surface area contributed by atoms with Crippen LogP contribution in [0.1, 0.15) is 36.6 Å². The lowest BCUT2D eigenvalue weighted by atomic mass is 9.94. The highest BCUT2D eigenvalue weighted by Crippen LogP contribution is 2.24. The largest absolute Gasteiger partial charge is 0.370 e. The Morgan fingerprint density at radius 3 is 3.11 bits per heavy atom. The fourth-order valence-electron chi connectivity index (χ4n) is 2.52. The molecule has 1 saturated heterocycles. The number of primary amides is 1. The molecule has 0 spiro atoms. The molecule has 18 heavy (non-hydrogen) atoms. The number of nitrogens with two attached hydrogens (primary N) is 1. The van der Waals surface area contributed by atoms with Crippen molar-refractivity contribution in [2.75, 3.05) is 20.1 Å². The second-order valence-electron chi connectivity index (χ2n) is 5.12. The van der Waals surface area contributed by atoms with Crippen molar-refractivity contribution >= 4 is 5.91 Å². The number of rotatable bonds is 4. The van der Waals surface area contributed by atoms with Crippen molar-refractivity contribution in [2.24, 2.45) is 5.73 Å². The van der Waals surface area contributed by atoms with Crippen molar-refractivity contribution in [3.8, 4) is 0 Å². The number of nitrogens with zero attached hydrogens (tertiary/aromatic N) is 2. The van der Waals surface area contributed by atoms with Gasteiger partial charge in [-0.15, -0.1) is 0 Å². The van der Waals surface area contributed by atoms with Gasteiger partial charge < -0.3 is 10.6 Å². The fourth-order valence-corrected chi connectivity index (χ4v) is 2.52. The molecule has 0 bridgehead atoms. The van der Waals surface area contributed by atoms with Gasteiger partial charge in [-0.1, -0.05) is 6.07 Å². The van der Waals surface area contributed by atoms with Crippen molar-refractivity contribution in [3.05, 3.63) is 29.6 Å². The first kappa shape index (κ1) is 13.0. The van der Waals surface area contributed by atoms with E-state index in [0.717, 1.165) is 17.9 Å². The van der Waals surface area contributed by atoms with E-state index in [4.69, 9.17) is 5.73 Å². The molecule has 1 aromatic heterocycles. The second-order valence-corrected chi connectivity index (χ2v) is 5.12. The van der Waals surface area contributed by atoms with Gasteiger partial charge in [0.2, 0.25) is 5.91 Å². The van der Waals surface area contributed by atoms with Crippen LogP contribution in [-0.2, 0) is 11.2 Å². The lowest BCUT2D eigenvalue weighted by Gasteiger charge is -2.29. The van der Waals surface area contributed by atoms with E-state index in [2.05, 4.69) is 23.0 Å². The molecule has 2 heterocycles. The van der Waals surface area contributed by atoms with Crippen molar-refractivity contribution in [1.82, 2.24) is 9.88 Å². The van der Waals surface area contributed by atoms with Gasteiger partial charge in [0.05, 0.1) is 0 Å². The van der Waals surface area contributed by atoms with Gasteiger partial charge in [0, 0.05) is 30.3 Å². The zero-order chi connectivity index (χ0) is 13.0. The summed E-state index contributed by atoms with van der Waals surface area (Å²) < 4.78 is 0. The van der Waals surface area contributed by atoms with Crippen molar-refractivity contribution in [2.45, 2.75) is 31.6 Å². The molecule has 1 aliphatic rings. The maximum absolute atomic E-state index is 10.8. The smallest absolute Gasteiger partial charge is 0.217 e. The van der Waals surface area contributed by atoms with E-state index in [1.54, 1.807) is 0 Å². The number of carbonyl (C=O) groups excluding carboxylic acids is 1. The molecule has 1 fully saturated rings. The maximum Gasteiger partial charge on any atom is 0.217 e. The molecule has 1 amide bonds. The molecule has 98 valence electrons. The van der Waals surface area contributed by atoms with Gasteiger partial charge in [-0.05, 0) is 45.0 Å². The monoisotopic (exact) mass is 247 g/mol. The summed E-state index contributed by atoms with van der Waals surface area (Å²) in [5.74, 6) is 0.261. The number of hydrogen-bond acceptors (Lipinski definition) is 3. The highest BCUT2D eigenvalue weighted by atomic mass is 16.1. The normalized spacial score (nSPS) is 20.8. The van der Waals surface area contributed by atoms with Crippen LogP contribution in [0.5, 0.6) is 0 Å². The predicted molar refractivity (Wildman–Crippen MR) is 71.2 cm³/mol. The Balaban J connectivity index is 2.04. The van der Waals surface area contributed by atoms with E-state index in [1.165, 1.54) is 19.4 Å². The van der Waals surface area contributed by atoms with Crippen LogP contribution in [0.4, 0.5) is 0 Å². The van der Waals surface area contributed by atoms with Gasteiger partial charge in [-0.2, -0.15) is 0 Å². The minimum absolute atomic E-state index is 0.264. The topological polar surface area (TPSA) is 59.2 Å². The van der Waals surface area contributed by atoms with Crippen LogP contribution in [0.15, 0.2) is 18.2 Å². The first-order valence-electron chi connectivity index (χ1n) is 6.58. The molecule has 0 saturated carbocycles. The predicted octanol–water partition coefficient (Wildman–Crippen LogP) is 1.31. The first-order chi connectivity index (χ1) is 8.65. The molecule has 1 atom stereocenters. The average molecular weight is 247 g/mol. The molecule has 0 unspecified atom stereocenters. The Bertz CT molecular complexity index is 419. The van der Waals surface area contributed by atoms with Gasteiger partial charge in [-0.25, -0.2) is 0 Å². The number of likely N-dealkylation sites (N-methyl/N-ethyl adjacent to an activating group) is 1. The third kappa shape index (κ3) is 3.53. The number of aryl methyl sites for hydroxylation is 1. The standard InChI is InChI=1S/C14H21N3O/c1-17-9-3-4-11(10-17)13-6-2-5-12(16-13)7-8-14(15)18/h2,5-6,11H,3-4,7-10H2,1H3,(H2,15,18)/t11-/m0/s1. The van der Waals surface area contributed by atoms with Crippen LogP contribution in [0, 0.1) is 0 Å². The van der Waals surface area contributed by atoms with Gasteiger partial charge >= 0.3 is 0 Å². The average Bonchev–Trinajstić information content (AvgIpc) is 2.37. The zero-order valence-electron chi connectivity index (χ0n) is 10.9. The minimum Gasteiger partial charge on any atom is -0.370 e. The van der Waals surface area contributed by atoms with E-state index in [0.29, 0.717) is 18.8 Å². The summed E-state index contributed by atoms with van der Waals surface area (Å²) in [5, 5.41) is 0. The second kappa shape index (κ2) is 5.96. The number of aromatic nitrogens is 1. The summed E-state index contributed by atoms with van der Waals surface area (Å²) in [6.07, 6.45) is 3.46. The SMILES string of the molecule is CN1CCC[C@H](c2cccc(CCC(N)=O)n2)C1. The number of likely N-dealkylation sites (tertiary alicyclic amines) is 1. The van der Waals surface area contributed by atoms with Crippen LogP contribution in [0.25, 0.3) is 0 Å². The Kier molecular flexibility index (Phi) is 4.31. The molecule has 0 radical (unpaired) electrons. The maximum atomic E-state index is 10.8. The third-order valence-corrected chi connectivity index (χ3v) is 3.50. The van der Waals surface area contributed by atoms with Crippen LogP contribution in [0.2, 0.25) is 0 Å². The lowest BCUT2D eigenvalue weighted by Crippen LogP contribution is -2.31. The Labute approximate surface area is 108 Å². The van der Waals surface area contributed by atoms with Crippen LogP contribution >= 0.6 is 0 Å². The third-order valence-electron chi connectivity index (χ3n) is 3.50. The molecule has 2 rings (SSSR count). The molecular formula is C14H21N3O. The molecule has 4 nitrogen and oxygen atoms in total. The Morgan fingerprint density at radius 2 is 2.39 bits per heavy atom. The molecule has 4 heteroatoms. The van der Waals surface area contributed by atoms with E-state index >= 15 is 0 Å². The molecule has 1 aliphatic heterocycles. The number of pyridine rings is 1. The quantitative estimate of drug-likeness (QED) is 0.872. The number of piperidine rings is 1. The Morgan fingerprint density at radius 1 is 1.56 bits per heavy atom. The molecule has 2 N–H and O–H groups in total. The van der Waals surface area contributed by atoms with Crippen molar-refractivity contribution in [3.63, 3.8) is 0 Å². The summed E-state index contributed by atoms with van der Waals surface area (Å²) in [6.45, 7) is 2.25. The highest BCUT2D eigenvalue weighted by Gasteiger charge is 2.19. The van der Waals surface area contributed by atoms with Gasteiger partial charge in [0.1, 0.15) is 0 Å². The summed E-state index contributed by atoms with van der Waals surface area (Å²) in [5.41, 5.74) is 7.29. The number of carbonyl (C=O) groups is 1. The summed E-state index contributed by atoms with van der Waals surface area (Å²) in [7, 11) is 2.16. The minimum atomic E-state index is -0.264. The molecule has 1 aromatic rings. The summed E-state index contributed by atoms with van der Waals surface area (Å²) in [4.78, 5) is 17.8. The first-order valence-corrected chi connectivity index (χ1v) is 6.58. The lowest BCUT2D eigenvalue weighted by molar-refractivity contribution is -0.118. The van der Waals surface area contributed by atoms with Crippen molar-refractivity contribution in [1.29, 1.82) is 0 Å². The number of amides is 1. The van der Waals surface area contributed by atoms with E-state index in [-0.39, 0.29) is 5.91 Å². The van der Waals surface area contributed by atoms with Gasteiger partial charge in [0.25, 0.3) is 0 Å². The highest BCUT2D eigenvalue weighted by molar-refractivity contribution is 5.73. The van der Waals surface area contributed by atoms with E-state index in [9.17, 15) is 4.79 Å². The van der Waals surface area contributed by atoms with Crippen LogP contribution in [0.3, 0.4) is 0 Å². The molecule has 0 aromatic carbocycles. The molecular weight excluding hydrogens is 226 g/mol. The zero-order valence-corrected chi connectivity index (χ0v) is 10.9. The van der Waals surface area contributed by atoms with Crippen LogP contribution in [-0.4, -0.2) is 35.9 Å². The number of hydrogen-bond donors (Lipinski definition) is 1. The van der Waals surface area contributed by atoms with Gasteiger partial charge in [-0.3, -0.25) is 9.78 Å². The van der Waals surface area contributed by atoms with E-state index < -0.39 is 0 Å². The van der Waals surface area contributed by atoms with Gasteiger partial charge in [0.15, 0.2) is 0 Å². The van der Waals surface area contributed by atoms with E-state index in [1.807, 2.05) is 12.1 Å². The molecule has 0 aliphatic carbocycles. The fraction of sp³-hybridized carbons (Fsp3) is 0.571. The van der Waals surface area contributed by atoms with Crippen molar-refractivity contribution < 1.29 is 4.79 Å². The summed E-state index contributed by atoms with van der Waals surface area (Å²) in [6, 6.07) is 6.10.